The van der Waals surface area contributed by atoms with Gasteiger partial charge < -0.3 is 9.64 Å². The van der Waals surface area contributed by atoms with Crippen LogP contribution >= 0.6 is 0 Å². The number of rotatable bonds is 1. The zero-order valence-corrected chi connectivity index (χ0v) is 16.5. The van der Waals surface area contributed by atoms with Gasteiger partial charge in [-0.3, -0.25) is 4.68 Å². The Balaban J connectivity index is 0.00000117. The van der Waals surface area contributed by atoms with Crippen LogP contribution in [0, 0.1) is 12.7 Å². The van der Waals surface area contributed by atoms with Crippen LogP contribution in [0.15, 0.2) is 24.3 Å². The lowest BCUT2D eigenvalue weighted by atomic mass is 10.1. The molecule has 6 heteroatoms. The van der Waals surface area contributed by atoms with Gasteiger partial charge >= 0.3 is 6.09 Å². The second-order valence-corrected chi connectivity index (χ2v) is 7.06. The quantitative estimate of drug-likeness (QED) is 0.735. The zero-order valence-electron chi connectivity index (χ0n) is 16.5. The second kappa shape index (κ2) is 7.89. The van der Waals surface area contributed by atoms with Crippen molar-refractivity contribution in [2.24, 2.45) is 0 Å². The summed E-state index contributed by atoms with van der Waals surface area (Å²) in [6.45, 7) is 13.1. The molecule has 0 radical (unpaired) electrons. The number of benzene rings is 1. The number of halogens is 1. The van der Waals surface area contributed by atoms with E-state index in [-0.39, 0.29) is 11.9 Å². The number of aromatic nitrogens is 2. The van der Waals surface area contributed by atoms with Gasteiger partial charge in [-0.2, -0.15) is 5.10 Å². The van der Waals surface area contributed by atoms with Crippen LogP contribution in [0.1, 0.15) is 45.9 Å². The highest BCUT2D eigenvalue weighted by Crippen LogP contribution is 2.28. The van der Waals surface area contributed by atoms with Crippen molar-refractivity contribution in [2.75, 3.05) is 6.54 Å². The summed E-state index contributed by atoms with van der Waals surface area (Å²) >= 11 is 0. The summed E-state index contributed by atoms with van der Waals surface area (Å²) in [5.74, 6) is -0.284. The number of fused-ring (bicyclic) bond motifs is 1. The normalized spacial score (nSPS) is 13.6. The SMILES string of the molecule is CC.Cc1c(-c2cccc(F)c2)nn2c1CN(C(=O)OC(C)(C)C)CC2. The molecule has 0 spiro atoms. The van der Waals surface area contributed by atoms with Crippen molar-refractivity contribution in [1.29, 1.82) is 0 Å². The molecule has 0 bridgehead atoms. The molecule has 0 unspecified atom stereocenters. The van der Waals surface area contributed by atoms with E-state index in [4.69, 9.17) is 4.74 Å². The largest absolute Gasteiger partial charge is 0.444 e. The van der Waals surface area contributed by atoms with Gasteiger partial charge in [0.15, 0.2) is 0 Å². The van der Waals surface area contributed by atoms with Gasteiger partial charge in [0.1, 0.15) is 11.4 Å². The minimum Gasteiger partial charge on any atom is -0.444 e. The molecule has 1 aromatic heterocycles. The molecule has 0 aliphatic carbocycles. The average Bonchev–Trinajstić information content (AvgIpc) is 2.92. The Kier molecular flexibility index (Phi) is 6.05. The molecule has 1 amide bonds. The molecule has 0 N–H and O–H groups in total. The monoisotopic (exact) mass is 361 g/mol. The molecule has 0 saturated heterocycles. The fraction of sp³-hybridized carbons (Fsp3) is 0.500. The third-order valence-electron chi connectivity index (χ3n) is 3.99. The summed E-state index contributed by atoms with van der Waals surface area (Å²) in [5.41, 5.74) is 2.92. The smallest absolute Gasteiger partial charge is 0.410 e. The number of amides is 1. The molecule has 26 heavy (non-hydrogen) atoms. The van der Waals surface area contributed by atoms with E-state index >= 15 is 0 Å². The molecule has 0 fully saturated rings. The van der Waals surface area contributed by atoms with Crippen LogP contribution in [0.5, 0.6) is 0 Å². The van der Waals surface area contributed by atoms with Gasteiger partial charge in [-0.05, 0) is 39.8 Å². The third-order valence-corrected chi connectivity index (χ3v) is 3.99. The Hall–Kier alpha value is -2.37. The van der Waals surface area contributed by atoms with Crippen LogP contribution in [0.4, 0.5) is 9.18 Å². The highest BCUT2D eigenvalue weighted by Gasteiger charge is 2.28. The Morgan fingerprint density at radius 1 is 1.23 bits per heavy atom. The molecule has 1 aromatic carbocycles. The van der Waals surface area contributed by atoms with Crippen molar-refractivity contribution in [3.63, 3.8) is 0 Å². The standard InChI is InChI=1S/C18H22FN3O2.C2H6/c1-12-15-11-21(17(23)24-18(2,3)4)8-9-22(15)20-16(12)13-6-5-7-14(19)10-13;1-2/h5-7,10H,8-9,11H2,1-4H3;1-2H3. The summed E-state index contributed by atoms with van der Waals surface area (Å²) in [7, 11) is 0. The van der Waals surface area contributed by atoms with Gasteiger partial charge in [0.25, 0.3) is 0 Å². The minimum absolute atomic E-state index is 0.284. The Bertz CT molecular complexity index is 778. The fourth-order valence-electron chi connectivity index (χ4n) is 2.84. The Morgan fingerprint density at radius 3 is 2.54 bits per heavy atom. The Morgan fingerprint density at radius 2 is 1.92 bits per heavy atom. The molecular formula is C20H28FN3O2. The van der Waals surface area contributed by atoms with Crippen LogP contribution in [0.25, 0.3) is 11.3 Å². The van der Waals surface area contributed by atoms with Gasteiger partial charge in [0.2, 0.25) is 0 Å². The highest BCUT2D eigenvalue weighted by atomic mass is 19.1. The Labute approximate surface area is 154 Å². The molecular weight excluding hydrogens is 333 g/mol. The number of hydrogen-bond acceptors (Lipinski definition) is 3. The zero-order chi connectivity index (χ0) is 19.5. The number of ether oxygens (including phenoxy) is 1. The van der Waals surface area contributed by atoms with Gasteiger partial charge in [0.05, 0.1) is 24.5 Å². The number of nitrogens with zero attached hydrogens (tertiary/aromatic N) is 3. The first-order valence-electron chi connectivity index (χ1n) is 9.05. The number of carbonyl (C=O) groups excluding carboxylic acids is 1. The summed E-state index contributed by atoms with van der Waals surface area (Å²) in [5, 5.41) is 4.60. The van der Waals surface area contributed by atoms with Crippen LogP contribution in [0.3, 0.4) is 0 Å². The van der Waals surface area contributed by atoms with Gasteiger partial charge in [-0.25, -0.2) is 9.18 Å². The fourth-order valence-corrected chi connectivity index (χ4v) is 2.84. The predicted molar refractivity (Wildman–Crippen MR) is 100 cm³/mol. The first kappa shape index (κ1) is 19.9. The molecule has 2 aromatic rings. The van der Waals surface area contributed by atoms with Crippen molar-refractivity contribution in [3.05, 3.63) is 41.3 Å². The van der Waals surface area contributed by atoms with E-state index in [1.165, 1.54) is 12.1 Å². The molecule has 2 heterocycles. The van der Waals surface area contributed by atoms with E-state index in [0.717, 1.165) is 22.5 Å². The van der Waals surface area contributed by atoms with Crippen LogP contribution in [0.2, 0.25) is 0 Å². The lowest BCUT2D eigenvalue weighted by Gasteiger charge is -2.30. The lowest BCUT2D eigenvalue weighted by Crippen LogP contribution is -2.41. The first-order chi connectivity index (χ1) is 12.2. The van der Waals surface area contributed by atoms with E-state index in [9.17, 15) is 9.18 Å². The molecule has 0 atom stereocenters. The predicted octanol–water partition coefficient (Wildman–Crippen LogP) is 4.77. The van der Waals surface area contributed by atoms with E-state index in [1.807, 2.05) is 52.3 Å². The summed E-state index contributed by atoms with van der Waals surface area (Å²) in [6, 6.07) is 6.41. The van der Waals surface area contributed by atoms with Crippen LogP contribution in [-0.4, -0.2) is 32.9 Å². The van der Waals surface area contributed by atoms with Crippen molar-refractivity contribution in [2.45, 2.75) is 60.2 Å². The highest BCUT2D eigenvalue weighted by molar-refractivity contribution is 5.69. The molecule has 0 saturated carbocycles. The lowest BCUT2D eigenvalue weighted by molar-refractivity contribution is 0.0194. The molecule has 1 aliphatic heterocycles. The third kappa shape index (κ3) is 4.42. The van der Waals surface area contributed by atoms with E-state index in [0.29, 0.717) is 19.6 Å². The summed E-state index contributed by atoms with van der Waals surface area (Å²) in [4.78, 5) is 14.0. The van der Waals surface area contributed by atoms with E-state index in [2.05, 4.69) is 5.10 Å². The second-order valence-electron chi connectivity index (χ2n) is 7.06. The van der Waals surface area contributed by atoms with E-state index in [1.54, 1.807) is 11.0 Å². The van der Waals surface area contributed by atoms with Crippen molar-refractivity contribution in [3.8, 4) is 11.3 Å². The van der Waals surface area contributed by atoms with Crippen molar-refractivity contribution in [1.82, 2.24) is 14.7 Å². The topological polar surface area (TPSA) is 47.4 Å². The molecule has 5 nitrogen and oxygen atoms in total. The van der Waals surface area contributed by atoms with Gasteiger partial charge in [-0.1, -0.05) is 26.0 Å². The van der Waals surface area contributed by atoms with Crippen LogP contribution < -0.4 is 0 Å². The maximum absolute atomic E-state index is 13.5. The van der Waals surface area contributed by atoms with E-state index < -0.39 is 5.60 Å². The maximum atomic E-state index is 13.5. The molecule has 142 valence electrons. The maximum Gasteiger partial charge on any atom is 0.410 e. The van der Waals surface area contributed by atoms with Crippen molar-refractivity contribution >= 4 is 6.09 Å². The van der Waals surface area contributed by atoms with Crippen LogP contribution in [-0.2, 0) is 17.8 Å². The molecule has 1 aliphatic rings. The minimum atomic E-state index is -0.517. The van der Waals surface area contributed by atoms with Gasteiger partial charge in [-0.15, -0.1) is 0 Å². The first-order valence-corrected chi connectivity index (χ1v) is 9.05. The van der Waals surface area contributed by atoms with Gasteiger partial charge in [0, 0.05) is 17.7 Å². The summed E-state index contributed by atoms with van der Waals surface area (Å²) < 4.78 is 20.8. The average molecular weight is 361 g/mol. The summed E-state index contributed by atoms with van der Waals surface area (Å²) in [6.07, 6.45) is -0.318. The number of carbonyl (C=O) groups is 1. The van der Waals surface area contributed by atoms with Crippen molar-refractivity contribution < 1.29 is 13.9 Å². The number of hydrogen-bond donors (Lipinski definition) is 0. The molecule has 3 rings (SSSR count).